The molecule has 106 valence electrons. The van der Waals surface area contributed by atoms with Crippen LogP contribution in [0.1, 0.15) is 21.5 Å². The van der Waals surface area contributed by atoms with Crippen LogP contribution >= 0.6 is 0 Å². The molecule has 0 atom stereocenters. The van der Waals surface area contributed by atoms with Gasteiger partial charge in [0, 0.05) is 17.8 Å². The summed E-state index contributed by atoms with van der Waals surface area (Å²) in [5.74, 6) is -1.29. The summed E-state index contributed by atoms with van der Waals surface area (Å²) in [7, 11) is 0. The van der Waals surface area contributed by atoms with Crippen LogP contribution in [0.2, 0.25) is 0 Å². The first-order valence-corrected chi connectivity index (χ1v) is 6.29. The molecule has 0 aliphatic rings. The maximum atomic E-state index is 12.2. The number of aliphatic carboxylic acids is 1. The second-order valence-electron chi connectivity index (χ2n) is 4.44. The van der Waals surface area contributed by atoms with E-state index in [9.17, 15) is 9.59 Å². The first kappa shape index (κ1) is 14.5. The van der Waals surface area contributed by atoms with Crippen LogP contribution < -0.4 is 5.32 Å². The summed E-state index contributed by atoms with van der Waals surface area (Å²) in [6.07, 6.45) is 5.66. The number of carboxylic acids is 1. The second-order valence-corrected chi connectivity index (χ2v) is 4.44. The Morgan fingerprint density at radius 1 is 1.29 bits per heavy atom. The van der Waals surface area contributed by atoms with Crippen molar-refractivity contribution < 1.29 is 14.7 Å². The predicted octanol–water partition coefficient (Wildman–Crippen LogP) is 2.74. The average Bonchev–Trinajstić information content (AvgIpc) is 2.47. The first-order chi connectivity index (χ1) is 10.1. The number of amides is 1. The number of carbonyl (C=O) groups is 2. The predicted molar refractivity (Wildman–Crippen MR) is 80.0 cm³/mol. The van der Waals surface area contributed by atoms with E-state index in [1.165, 1.54) is 6.08 Å². The van der Waals surface area contributed by atoms with Crippen LogP contribution in [0.5, 0.6) is 0 Å². The number of benzene rings is 1. The maximum Gasteiger partial charge on any atom is 0.328 e. The lowest BCUT2D eigenvalue weighted by atomic mass is 10.0. The molecule has 0 fully saturated rings. The Morgan fingerprint density at radius 2 is 2.10 bits per heavy atom. The van der Waals surface area contributed by atoms with E-state index < -0.39 is 5.97 Å². The molecule has 21 heavy (non-hydrogen) atoms. The lowest BCUT2D eigenvalue weighted by Gasteiger charge is -2.08. The van der Waals surface area contributed by atoms with Crippen LogP contribution in [-0.4, -0.2) is 22.0 Å². The molecular formula is C16H14N2O3. The molecule has 2 N–H and O–H groups in total. The van der Waals surface area contributed by atoms with Gasteiger partial charge in [0.1, 0.15) is 0 Å². The zero-order valence-electron chi connectivity index (χ0n) is 11.4. The van der Waals surface area contributed by atoms with Crippen LogP contribution in [-0.2, 0) is 4.79 Å². The van der Waals surface area contributed by atoms with Crippen molar-refractivity contribution in [3.8, 4) is 0 Å². The van der Waals surface area contributed by atoms with Crippen LogP contribution in [0.4, 0.5) is 5.69 Å². The van der Waals surface area contributed by atoms with Gasteiger partial charge < -0.3 is 10.4 Å². The number of carbonyl (C=O) groups excluding carboxylic acids is 1. The molecule has 5 nitrogen and oxygen atoms in total. The minimum atomic E-state index is -1.03. The molecule has 1 amide bonds. The number of hydrogen-bond acceptors (Lipinski definition) is 3. The van der Waals surface area contributed by atoms with Gasteiger partial charge in [-0.3, -0.25) is 9.78 Å². The smallest absolute Gasteiger partial charge is 0.328 e. The number of pyridine rings is 1. The summed E-state index contributed by atoms with van der Waals surface area (Å²) in [5, 5.41) is 11.4. The van der Waals surface area contributed by atoms with Crippen LogP contribution in [0.25, 0.3) is 6.08 Å². The Labute approximate surface area is 122 Å². The minimum absolute atomic E-state index is 0.258. The summed E-state index contributed by atoms with van der Waals surface area (Å²) in [5.41, 5.74) is 2.56. The minimum Gasteiger partial charge on any atom is -0.478 e. The van der Waals surface area contributed by atoms with Crippen LogP contribution in [0, 0.1) is 6.92 Å². The first-order valence-electron chi connectivity index (χ1n) is 6.29. The van der Waals surface area contributed by atoms with Gasteiger partial charge in [-0.15, -0.1) is 0 Å². The van der Waals surface area contributed by atoms with Crippen LogP contribution in [0.3, 0.4) is 0 Å². The Hall–Kier alpha value is -2.95. The van der Waals surface area contributed by atoms with Gasteiger partial charge in [-0.05, 0) is 42.3 Å². The van der Waals surface area contributed by atoms with Crippen molar-refractivity contribution in [1.82, 2.24) is 4.98 Å². The van der Waals surface area contributed by atoms with E-state index in [-0.39, 0.29) is 5.91 Å². The molecule has 0 aliphatic heterocycles. The number of anilines is 1. The Morgan fingerprint density at radius 3 is 2.76 bits per heavy atom. The molecule has 0 bridgehead atoms. The Kier molecular flexibility index (Phi) is 4.46. The molecule has 1 aromatic heterocycles. The topological polar surface area (TPSA) is 79.3 Å². The second kappa shape index (κ2) is 6.47. The molecule has 2 rings (SSSR count). The number of aryl methyl sites for hydroxylation is 1. The number of rotatable bonds is 4. The lowest BCUT2D eigenvalue weighted by molar-refractivity contribution is -0.131. The number of aromatic nitrogens is 1. The van der Waals surface area contributed by atoms with Crippen molar-refractivity contribution in [2.75, 3.05) is 5.32 Å². The number of nitrogens with zero attached hydrogens (tertiary/aromatic N) is 1. The molecule has 0 radical (unpaired) electrons. The molecular weight excluding hydrogens is 268 g/mol. The van der Waals surface area contributed by atoms with Gasteiger partial charge in [-0.2, -0.15) is 0 Å². The van der Waals surface area contributed by atoms with Crippen LogP contribution in [0.15, 0.2) is 48.8 Å². The Balaban J connectivity index is 2.24. The number of carboxylic acid groups (broad SMARTS) is 1. The summed E-state index contributed by atoms with van der Waals surface area (Å²) >= 11 is 0. The fourth-order valence-electron chi connectivity index (χ4n) is 1.79. The molecule has 0 saturated carbocycles. The molecule has 5 heteroatoms. The monoisotopic (exact) mass is 282 g/mol. The molecule has 0 spiro atoms. The van der Waals surface area contributed by atoms with Gasteiger partial charge in [-0.25, -0.2) is 4.79 Å². The van der Waals surface area contributed by atoms with Gasteiger partial charge in [0.25, 0.3) is 5.91 Å². The third-order valence-electron chi connectivity index (χ3n) is 2.84. The summed E-state index contributed by atoms with van der Waals surface area (Å²) < 4.78 is 0. The molecule has 0 aliphatic carbocycles. The van der Waals surface area contributed by atoms with E-state index in [0.29, 0.717) is 16.8 Å². The standard InChI is InChI=1S/C16H14N2O3/c1-11-4-5-12(6-7-15(19)20)9-14(11)16(21)18-13-3-2-8-17-10-13/h2-10H,1H3,(H,18,21)(H,19,20). The summed E-state index contributed by atoms with van der Waals surface area (Å²) in [6, 6.07) is 8.67. The number of nitrogens with one attached hydrogen (secondary N) is 1. The molecule has 0 saturated heterocycles. The van der Waals surface area contributed by atoms with Crippen molar-refractivity contribution in [3.63, 3.8) is 0 Å². The summed E-state index contributed by atoms with van der Waals surface area (Å²) in [6.45, 7) is 1.82. The zero-order valence-corrected chi connectivity index (χ0v) is 11.4. The third kappa shape index (κ3) is 4.01. The number of hydrogen-bond donors (Lipinski definition) is 2. The highest BCUT2D eigenvalue weighted by atomic mass is 16.4. The van der Waals surface area contributed by atoms with Gasteiger partial charge in [-0.1, -0.05) is 12.1 Å². The molecule has 1 aromatic carbocycles. The van der Waals surface area contributed by atoms with Gasteiger partial charge in [0.05, 0.1) is 11.9 Å². The van der Waals surface area contributed by atoms with E-state index in [4.69, 9.17) is 5.11 Å². The largest absolute Gasteiger partial charge is 0.478 e. The SMILES string of the molecule is Cc1ccc(C=CC(=O)O)cc1C(=O)Nc1cccnc1. The maximum absolute atomic E-state index is 12.2. The molecule has 1 heterocycles. The van der Waals surface area contributed by atoms with Crippen molar-refractivity contribution in [2.45, 2.75) is 6.92 Å². The van der Waals surface area contributed by atoms with E-state index in [1.54, 1.807) is 42.7 Å². The van der Waals surface area contributed by atoms with Gasteiger partial charge in [0.2, 0.25) is 0 Å². The highest BCUT2D eigenvalue weighted by molar-refractivity contribution is 6.05. The van der Waals surface area contributed by atoms with Crippen molar-refractivity contribution in [3.05, 3.63) is 65.5 Å². The molecule has 2 aromatic rings. The van der Waals surface area contributed by atoms with E-state index in [0.717, 1.165) is 11.6 Å². The van der Waals surface area contributed by atoms with E-state index in [2.05, 4.69) is 10.3 Å². The molecule has 0 unspecified atom stereocenters. The van der Waals surface area contributed by atoms with Gasteiger partial charge in [0.15, 0.2) is 0 Å². The normalized spacial score (nSPS) is 10.5. The highest BCUT2D eigenvalue weighted by Crippen LogP contribution is 2.15. The van der Waals surface area contributed by atoms with Crippen molar-refractivity contribution >= 4 is 23.6 Å². The van der Waals surface area contributed by atoms with Crippen molar-refractivity contribution in [2.24, 2.45) is 0 Å². The Bertz CT molecular complexity index is 694. The quantitative estimate of drug-likeness (QED) is 0.845. The van der Waals surface area contributed by atoms with Crippen molar-refractivity contribution in [1.29, 1.82) is 0 Å². The highest BCUT2D eigenvalue weighted by Gasteiger charge is 2.09. The van der Waals surface area contributed by atoms with E-state index >= 15 is 0 Å². The lowest BCUT2D eigenvalue weighted by Crippen LogP contribution is -2.13. The zero-order chi connectivity index (χ0) is 15.2. The summed E-state index contributed by atoms with van der Waals surface area (Å²) in [4.78, 5) is 26.7. The average molecular weight is 282 g/mol. The fourth-order valence-corrected chi connectivity index (χ4v) is 1.79. The fraction of sp³-hybridized carbons (Fsp3) is 0.0625. The van der Waals surface area contributed by atoms with E-state index in [1.807, 2.05) is 6.92 Å². The van der Waals surface area contributed by atoms with Gasteiger partial charge >= 0.3 is 5.97 Å². The third-order valence-corrected chi connectivity index (χ3v) is 2.84.